The Morgan fingerprint density at radius 2 is 1.70 bits per heavy atom. The van der Waals surface area contributed by atoms with Gasteiger partial charge in [0.1, 0.15) is 5.82 Å². The number of rotatable bonds is 5. The van der Waals surface area contributed by atoms with E-state index in [-0.39, 0.29) is 22.9 Å². The molecule has 160 valence electrons. The molecule has 1 saturated heterocycles. The van der Waals surface area contributed by atoms with Crippen molar-refractivity contribution in [3.8, 4) is 11.5 Å². The van der Waals surface area contributed by atoms with Gasteiger partial charge in [0.15, 0.2) is 11.5 Å². The highest BCUT2D eigenvalue weighted by Crippen LogP contribution is 2.28. The summed E-state index contributed by atoms with van der Waals surface area (Å²) in [4.78, 5) is 28.8. The Labute approximate surface area is 180 Å². The molecule has 1 aliphatic heterocycles. The molecule has 0 spiro atoms. The topological polar surface area (TPSA) is 59.1 Å². The summed E-state index contributed by atoms with van der Waals surface area (Å²) in [5.41, 5.74) is 0.692. The van der Waals surface area contributed by atoms with Crippen molar-refractivity contribution in [1.82, 2.24) is 9.80 Å². The lowest BCUT2D eigenvalue weighted by Crippen LogP contribution is -2.38. The van der Waals surface area contributed by atoms with Gasteiger partial charge in [0, 0.05) is 26.2 Å². The van der Waals surface area contributed by atoms with E-state index in [1.54, 1.807) is 36.2 Å². The molecule has 6 nitrogen and oxygen atoms in total. The number of methoxy groups -OCH3 is 2. The molecule has 1 fully saturated rings. The van der Waals surface area contributed by atoms with Crippen LogP contribution in [0.4, 0.5) is 4.39 Å². The third-order valence-electron chi connectivity index (χ3n) is 5.12. The van der Waals surface area contributed by atoms with E-state index in [9.17, 15) is 14.0 Å². The number of hydrogen-bond acceptors (Lipinski definition) is 4. The summed E-state index contributed by atoms with van der Waals surface area (Å²) in [5.74, 6) is 0.0347. The molecular formula is C22H24ClFN2O4. The molecule has 0 atom stereocenters. The van der Waals surface area contributed by atoms with Crippen molar-refractivity contribution in [3.63, 3.8) is 0 Å². The average Bonchev–Trinajstić information content (AvgIpc) is 3.00. The summed E-state index contributed by atoms with van der Waals surface area (Å²) in [6.07, 6.45) is 0.822. The first-order valence-corrected chi connectivity index (χ1v) is 10.0. The summed E-state index contributed by atoms with van der Waals surface area (Å²) in [5, 5.41) is 0.0885. The van der Waals surface area contributed by atoms with E-state index in [4.69, 9.17) is 21.1 Å². The van der Waals surface area contributed by atoms with Crippen LogP contribution in [0.1, 0.15) is 22.3 Å². The number of hydrogen-bond donors (Lipinski definition) is 0. The Morgan fingerprint density at radius 3 is 2.40 bits per heavy atom. The predicted octanol–water partition coefficient (Wildman–Crippen LogP) is 3.41. The van der Waals surface area contributed by atoms with Crippen molar-refractivity contribution >= 4 is 23.4 Å². The van der Waals surface area contributed by atoms with Crippen LogP contribution in [0.3, 0.4) is 0 Å². The van der Waals surface area contributed by atoms with Gasteiger partial charge in [-0.3, -0.25) is 9.59 Å². The van der Waals surface area contributed by atoms with E-state index < -0.39 is 11.7 Å². The standard InChI is InChI=1S/C22H24ClFN2O4/c1-29-18-8-7-15(13-19(18)30-2)14-20(27)25-9-4-10-26(12-11-25)22(28)21-16(23)5-3-6-17(21)24/h3,5-8,13H,4,9-12,14H2,1-2H3. The maximum atomic E-state index is 14.1. The number of carbonyl (C=O) groups excluding carboxylic acids is 2. The van der Waals surface area contributed by atoms with E-state index in [1.165, 1.54) is 18.2 Å². The minimum atomic E-state index is -0.641. The molecule has 0 N–H and O–H groups in total. The van der Waals surface area contributed by atoms with E-state index in [1.807, 2.05) is 6.07 Å². The Kier molecular flexibility index (Phi) is 7.15. The second-order valence-electron chi connectivity index (χ2n) is 6.99. The molecule has 1 heterocycles. The van der Waals surface area contributed by atoms with Crippen molar-refractivity contribution in [2.45, 2.75) is 12.8 Å². The van der Waals surface area contributed by atoms with Crippen molar-refractivity contribution in [2.24, 2.45) is 0 Å². The molecule has 0 unspecified atom stereocenters. The zero-order valence-corrected chi connectivity index (χ0v) is 17.7. The third-order valence-corrected chi connectivity index (χ3v) is 5.43. The van der Waals surface area contributed by atoms with E-state index in [2.05, 4.69) is 0 Å². The first-order chi connectivity index (χ1) is 14.4. The molecule has 8 heteroatoms. The largest absolute Gasteiger partial charge is 0.493 e. The molecule has 30 heavy (non-hydrogen) atoms. The van der Waals surface area contributed by atoms with Gasteiger partial charge in [-0.2, -0.15) is 0 Å². The van der Waals surface area contributed by atoms with Gasteiger partial charge in [-0.05, 0) is 36.2 Å². The SMILES string of the molecule is COc1ccc(CC(=O)N2CCCN(C(=O)c3c(F)cccc3Cl)CC2)cc1OC. The quantitative estimate of drug-likeness (QED) is 0.723. The number of benzene rings is 2. The first-order valence-electron chi connectivity index (χ1n) is 9.66. The van der Waals surface area contributed by atoms with Gasteiger partial charge in [0.05, 0.1) is 31.2 Å². The number of ether oxygens (including phenoxy) is 2. The summed E-state index contributed by atoms with van der Waals surface area (Å²) in [6.45, 7) is 1.66. The van der Waals surface area contributed by atoms with Gasteiger partial charge >= 0.3 is 0 Å². The van der Waals surface area contributed by atoms with Gasteiger partial charge in [-0.1, -0.05) is 23.7 Å². The summed E-state index contributed by atoms with van der Waals surface area (Å²) in [6, 6.07) is 9.55. The van der Waals surface area contributed by atoms with Gasteiger partial charge < -0.3 is 19.3 Å². The van der Waals surface area contributed by atoms with E-state index >= 15 is 0 Å². The van der Waals surface area contributed by atoms with Gasteiger partial charge in [-0.25, -0.2) is 4.39 Å². The molecule has 1 aliphatic rings. The number of halogens is 2. The minimum absolute atomic E-state index is 0.0413. The minimum Gasteiger partial charge on any atom is -0.493 e. The van der Waals surface area contributed by atoms with Crippen LogP contribution in [0, 0.1) is 5.82 Å². The highest BCUT2D eigenvalue weighted by Gasteiger charge is 2.26. The Hall–Kier alpha value is -2.80. The molecule has 2 aromatic rings. The lowest BCUT2D eigenvalue weighted by molar-refractivity contribution is -0.130. The monoisotopic (exact) mass is 434 g/mol. The fourth-order valence-electron chi connectivity index (χ4n) is 3.51. The molecule has 0 aliphatic carbocycles. The van der Waals surface area contributed by atoms with Crippen LogP contribution in [-0.4, -0.2) is 62.0 Å². The summed E-state index contributed by atoms with van der Waals surface area (Å²) >= 11 is 6.03. The predicted molar refractivity (Wildman–Crippen MR) is 112 cm³/mol. The van der Waals surface area contributed by atoms with Crippen LogP contribution in [0.15, 0.2) is 36.4 Å². The normalized spacial score (nSPS) is 14.3. The summed E-state index contributed by atoms with van der Waals surface area (Å²) in [7, 11) is 3.10. The Balaban J connectivity index is 1.65. The number of carbonyl (C=O) groups is 2. The van der Waals surface area contributed by atoms with Gasteiger partial charge in [0.2, 0.25) is 5.91 Å². The second kappa shape index (κ2) is 9.80. The van der Waals surface area contributed by atoms with Crippen LogP contribution >= 0.6 is 11.6 Å². The van der Waals surface area contributed by atoms with Crippen LogP contribution in [0.25, 0.3) is 0 Å². The highest BCUT2D eigenvalue weighted by molar-refractivity contribution is 6.33. The maximum Gasteiger partial charge on any atom is 0.258 e. The molecule has 2 amide bonds. The smallest absolute Gasteiger partial charge is 0.258 e. The molecule has 0 bridgehead atoms. The van der Waals surface area contributed by atoms with Crippen molar-refractivity contribution in [3.05, 3.63) is 58.4 Å². The lowest BCUT2D eigenvalue weighted by Gasteiger charge is -2.23. The van der Waals surface area contributed by atoms with Crippen LogP contribution in [-0.2, 0) is 11.2 Å². The van der Waals surface area contributed by atoms with Gasteiger partial charge in [0.25, 0.3) is 5.91 Å². The lowest BCUT2D eigenvalue weighted by atomic mass is 10.1. The third kappa shape index (κ3) is 4.84. The molecular weight excluding hydrogens is 411 g/mol. The summed E-state index contributed by atoms with van der Waals surface area (Å²) < 4.78 is 24.6. The van der Waals surface area contributed by atoms with E-state index in [0.717, 1.165) is 5.56 Å². The zero-order valence-electron chi connectivity index (χ0n) is 17.0. The second-order valence-corrected chi connectivity index (χ2v) is 7.40. The molecule has 0 radical (unpaired) electrons. The molecule has 0 saturated carbocycles. The maximum absolute atomic E-state index is 14.1. The van der Waals surface area contributed by atoms with Crippen molar-refractivity contribution in [2.75, 3.05) is 40.4 Å². The van der Waals surface area contributed by atoms with Gasteiger partial charge in [-0.15, -0.1) is 0 Å². The Morgan fingerprint density at radius 1 is 1.00 bits per heavy atom. The molecule has 0 aromatic heterocycles. The molecule has 2 aromatic carbocycles. The van der Waals surface area contributed by atoms with Crippen molar-refractivity contribution in [1.29, 1.82) is 0 Å². The van der Waals surface area contributed by atoms with Crippen LogP contribution < -0.4 is 9.47 Å². The zero-order chi connectivity index (χ0) is 21.7. The Bertz CT molecular complexity index is 917. The average molecular weight is 435 g/mol. The fraction of sp³-hybridized carbons (Fsp3) is 0.364. The van der Waals surface area contributed by atoms with Crippen molar-refractivity contribution < 1.29 is 23.5 Å². The fourth-order valence-corrected chi connectivity index (χ4v) is 3.75. The number of nitrogens with zero attached hydrogens (tertiary/aromatic N) is 2. The molecule has 3 rings (SSSR count). The number of amides is 2. The van der Waals surface area contributed by atoms with Crippen LogP contribution in [0.2, 0.25) is 5.02 Å². The van der Waals surface area contributed by atoms with Crippen LogP contribution in [0.5, 0.6) is 11.5 Å². The van der Waals surface area contributed by atoms with E-state index in [0.29, 0.717) is 44.1 Å². The first kappa shape index (κ1) is 21.9. The highest BCUT2D eigenvalue weighted by atomic mass is 35.5.